The van der Waals surface area contributed by atoms with Crippen molar-refractivity contribution < 1.29 is 23.1 Å². The van der Waals surface area contributed by atoms with Crippen LogP contribution < -0.4 is 5.32 Å². The van der Waals surface area contributed by atoms with Gasteiger partial charge in [0.25, 0.3) is 10.0 Å². The lowest BCUT2D eigenvalue weighted by atomic mass is 9.94. The van der Waals surface area contributed by atoms with Gasteiger partial charge in [0.2, 0.25) is 5.91 Å². The highest BCUT2D eigenvalue weighted by molar-refractivity contribution is 7.91. The average molecular weight is 445 g/mol. The van der Waals surface area contributed by atoms with E-state index in [0.29, 0.717) is 16.8 Å². The van der Waals surface area contributed by atoms with E-state index in [1.165, 1.54) is 11.1 Å². The number of para-hydroxylation sites is 1. The molecular formula is C23H28N2O5S. The molecule has 1 aromatic carbocycles. The van der Waals surface area contributed by atoms with E-state index in [1.807, 2.05) is 19.1 Å². The summed E-state index contributed by atoms with van der Waals surface area (Å²) in [5.41, 5.74) is 1.11. The van der Waals surface area contributed by atoms with Gasteiger partial charge in [0.05, 0.1) is 31.5 Å². The standard InChI is InChI=1S/C23H28N2O5S/c1-22(11-12-22)21(27)24-14-18-13-16-7-4-5-9-19(16)25(18)31(28,29)23(2)10-6-8-17(15-26)20(23)30-3/h4-9,13,26H,10-12,14-15H2,1-3H3,(H,24,27). The van der Waals surface area contributed by atoms with E-state index in [4.69, 9.17) is 4.74 Å². The Balaban J connectivity index is 1.83. The summed E-state index contributed by atoms with van der Waals surface area (Å²) in [5.74, 6) is 0.171. The number of amides is 1. The Morgan fingerprint density at radius 1 is 1.26 bits per heavy atom. The maximum absolute atomic E-state index is 14.1. The van der Waals surface area contributed by atoms with Crippen LogP contribution in [0.2, 0.25) is 0 Å². The SMILES string of the molecule is COC1=C(CO)C=CCC1(C)S(=O)(=O)n1c(CNC(=O)C2(C)CC2)cc2ccccc21. The minimum atomic E-state index is -4.03. The van der Waals surface area contributed by atoms with Gasteiger partial charge in [-0.25, -0.2) is 12.4 Å². The molecule has 2 aromatic rings. The molecular weight excluding hydrogens is 416 g/mol. The van der Waals surface area contributed by atoms with Crippen molar-refractivity contribution in [2.75, 3.05) is 13.7 Å². The minimum absolute atomic E-state index is 0.0615. The summed E-state index contributed by atoms with van der Waals surface area (Å²) in [7, 11) is -2.61. The number of hydrogen-bond donors (Lipinski definition) is 2. The van der Waals surface area contributed by atoms with Crippen molar-refractivity contribution in [3.63, 3.8) is 0 Å². The number of ether oxygens (including phenoxy) is 1. The van der Waals surface area contributed by atoms with Crippen LogP contribution in [0.5, 0.6) is 0 Å². The van der Waals surface area contributed by atoms with Crippen LogP contribution >= 0.6 is 0 Å². The summed E-state index contributed by atoms with van der Waals surface area (Å²) in [6.07, 6.45) is 5.33. The number of nitrogens with one attached hydrogen (secondary N) is 1. The number of aliphatic hydroxyl groups excluding tert-OH is 1. The fourth-order valence-corrected chi connectivity index (χ4v) is 6.23. The lowest BCUT2D eigenvalue weighted by Crippen LogP contribution is -2.44. The molecule has 1 saturated carbocycles. The number of hydrogen-bond acceptors (Lipinski definition) is 5. The summed E-state index contributed by atoms with van der Waals surface area (Å²) < 4.78 is 33.6. The van der Waals surface area contributed by atoms with Crippen LogP contribution in [0.3, 0.4) is 0 Å². The number of rotatable bonds is 7. The van der Waals surface area contributed by atoms with Crippen LogP contribution in [-0.4, -0.2) is 41.9 Å². The zero-order chi connectivity index (χ0) is 22.4. The summed E-state index contributed by atoms with van der Waals surface area (Å²) in [6.45, 7) is 3.31. The molecule has 8 heteroatoms. The smallest absolute Gasteiger partial charge is 0.252 e. The zero-order valence-electron chi connectivity index (χ0n) is 18.0. The van der Waals surface area contributed by atoms with Gasteiger partial charge >= 0.3 is 0 Å². The minimum Gasteiger partial charge on any atom is -0.499 e. The zero-order valence-corrected chi connectivity index (χ0v) is 18.8. The van der Waals surface area contributed by atoms with Crippen LogP contribution in [0.25, 0.3) is 10.9 Å². The van der Waals surface area contributed by atoms with Gasteiger partial charge in [-0.1, -0.05) is 37.3 Å². The molecule has 2 N–H and O–H groups in total. The Morgan fingerprint density at radius 2 is 1.97 bits per heavy atom. The van der Waals surface area contributed by atoms with Crippen molar-refractivity contribution in [1.29, 1.82) is 0 Å². The lowest BCUT2D eigenvalue weighted by molar-refractivity contribution is -0.125. The van der Waals surface area contributed by atoms with Crippen LogP contribution in [0, 0.1) is 5.41 Å². The van der Waals surface area contributed by atoms with Gasteiger partial charge in [0.15, 0.2) is 0 Å². The lowest BCUT2D eigenvalue weighted by Gasteiger charge is -2.34. The molecule has 0 aliphatic heterocycles. The number of benzene rings is 1. The van der Waals surface area contributed by atoms with Gasteiger partial charge in [-0.3, -0.25) is 4.79 Å². The number of fused-ring (bicyclic) bond motifs is 1. The Bertz CT molecular complexity index is 1200. The topological polar surface area (TPSA) is 97.6 Å². The molecule has 1 atom stereocenters. The van der Waals surface area contributed by atoms with E-state index in [1.54, 1.807) is 37.3 Å². The predicted octanol–water partition coefficient (Wildman–Crippen LogP) is 2.85. The largest absolute Gasteiger partial charge is 0.499 e. The molecule has 1 aromatic heterocycles. The first-order valence-electron chi connectivity index (χ1n) is 10.4. The van der Waals surface area contributed by atoms with Crippen molar-refractivity contribution in [3.8, 4) is 0 Å². The first-order chi connectivity index (χ1) is 14.7. The third kappa shape index (κ3) is 3.38. The molecule has 4 rings (SSSR count). The molecule has 1 heterocycles. The van der Waals surface area contributed by atoms with Crippen molar-refractivity contribution in [2.24, 2.45) is 5.41 Å². The summed E-state index contributed by atoms with van der Waals surface area (Å²) in [5, 5.41) is 13.4. The number of allylic oxidation sites excluding steroid dienone is 1. The number of nitrogens with zero attached hydrogens (tertiary/aromatic N) is 1. The first-order valence-corrected chi connectivity index (χ1v) is 11.8. The molecule has 1 fully saturated rings. The number of carbonyl (C=O) groups excluding carboxylic acids is 1. The third-order valence-corrected chi connectivity index (χ3v) is 8.90. The Morgan fingerprint density at radius 3 is 2.61 bits per heavy atom. The van der Waals surface area contributed by atoms with Gasteiger partial charge in [0.1, 0.15) is 10.5 Å². The maximum atomic E-state index is 14.1. The van der Waals surface area contributed by atoms with E-state index < -0.39 is 14.8 Å². The van der Waals surface area contributed by atoms with E-state index in [-0.39, 0.29) is 36.7 Å². The quantitative estimate of drug-likeness (QED) is 0.684. The van der Waals surface area contributed by atoms with E-state index in [0.717, 1.165) is 18.2 Å². The molecule has 2 aliphatic carbocycles. The number of aromatic nitrogens is 1. The molecule has 0 radical (unpaired) electrons. The monoisotopic (exact) mass is 444 g/mol. The van der Waals surface area contributed by atoms with Gasteiger partial charge in [-0.2, -0.15) is 0 Å². The second-order valence-electron chi connectivity index (χ2n) is 8.76. The highest BCUT2D eigenvalue weighted by Crippen LogP contribution is 2.45. The van der Waals surface area contributed by atoms with E-state index in [9.17, 15) is 18.3 Å². The van der Waals surface area contributed by atoms with Gasteiger partial charge in [-0.05, 0) is 38.3 Å². The molecule has 0 saturated heterocycles. The fourth-order valence-electron chi connectivity index (χ4n) is 4.22. The van der Waals surface area contributed by atoms with Gasteiger partial charge in [-0.15, -0.1) is 0 Å². The maximum Gasteiger partial charge on any atom is 0.252 e. The molecule has 0 spiro atoms. The molecule has 2 aliphatic rings. The second kappa shape index (κ2) is 7.53. The van der Waals surface area contributed by atoms with Crippen molar-refractivity contribution in [1.82, 2.24) is 9.29 Å². The number of carbonyl (C=O) groups is 1. The van der Waals surface area contributed by atoms with Crippen molar-refractivity contribution in [2.45, 2.75) is 44.4 Å². The third-order valence-electron chi connectivity index (χ3n) is 6.50. The Hall–Kier alpha value is -2.58. The van der Waals surface area contributed by atoms with Crippen LogP contribution in [0.1, 0.15) is 38.8 Å². The molecule has 166 valence electrons. The van der Waals surface area contributed by atoms with Crippen molar-refractivity contribution >= 4 is 26.8 Å². The highest BCUT2D eigenvalue weighted by atomic mass is 32.2. The summed E-state index contributed by atoms with van der Waals surface area (Å²) >= 11 is 0. The Labute approximate surface area is 182 Å². The molecule has 1 unspecified atom stereocenters. The fraction of sp³-hybridized carbons (Fsp3) is 0.435. The number of aliphatic hydroxyl groups is 1. The van der Waals surface area contributed by atoms with Crippen LogP contribution in [0.4, 0.5) is 0 Å². The van der Waals surface area contributed by atoms with Gasteiger partial charge < -0.3 is 15.2 Å². The average Bonchev–Trinajstić information content (AvgIpc) is 3.39. The highest BCUT2D eigenvalue weighted by Gasteiger charge is 2.48. The summed E-state index contributed by atoms with van der Waals surface area (Å²) in [4.78, 5) is 12.5. The molecule has 7 nitrogen and oxygen atoms in total. The van der Waals surface area contributed by atoms with E-state index in [2.05, 4.69) is 5.32 Å². The van der Waals surface area contributed by atoms with Crippen LogP contribution in [0.15, 0.2) is 53.8 Å². The van der Waals surface area contributed by atoms with Crippen LogP contribution in [-0.2, 0) is 26.1 Å². The first kappa shape index (κ1) is 21.6. The molecule has 0 bridgehead atoms. The Kier molecular flexibility index (Phi) is 5.26. The molecule has 1 amide bonds. The second-order valence-corrected chi connectivity index (χ2v) is 11.0. The van der Waals surface area contributed by atoms with Crippen molar-refractivity contribution in [3.05, 3.63) is 59.5 Å². The molecule has 31 heavy (non-hydrogen) atoms. The normalized spacial score (nSPS) is 22.6. The summed E-state index contributed by atoms with van der Waals surface area (Å²) in [6, 6.07) is 9.04. The number of methoxy groups -OCH3 is 1. The van der Waals surface area contributed by atoms with E-state index >= 15 is 0 Å². The predicted molar refractivity (Wildman–Crippen MR) is 119 cm³/mol. The van der Waals surface area contributed by atoms with Gasteiger partial charge in [0, 0.05) is 16.4 Å².